The lowest BCUT2D eigenvalue weighted by molar-refractivity contribution is 0.241. The molecule has 3 heterocycles. The third-order valence-electron chi connectivity index (χ3n) is 6.89. The van der Waals surface area contributed by atoms with Crippen LogP contribution in [0.1, 0.15) is 36.4 Å². The van der Waals surface area contributed by atoms with Crippen LogP contribution in [0, 0.1) is 6.92 Å². The third kappa shape index (κ3) is 5.84. The Labute approximate surface area is 258 Å². The molecule has 44 heavy (non-hydrogen) atoms. The van der Waals surface area contributed by atoms with Gasteiger partial charge in [0, 0.05) is 17.3 Å². The minimum atomic E-state index is -0.237. The first-order valence-corrected chi connectivity index (χ1v) is 14.9. The summed E-state index contributed by atoms with van der Waals surface area (Å²) < 4.78 is 20.3. The molecule has 0 bridgehead atoms. The molecule has 0 spiro atoms. The first-order chi connectivity index (χ1) is 21.3. The Morgan fingerprint density at radius 2 is 1.66 bits per heavy atom. The van der Waals surface area contributed by atoms with Crippen LogP contribution in [-0.2, 0) is 0 Å². The molecular formula is C34H31N5O4S. The highest BCUT2D eigenvalue weighted by atomic mass is 32.1. The van der Waals surface area contributed by atoms with Gasteiger partial charge < -0.3 is 14.2 Å². The summed E-state index contributed by atoms with van der Waals surface area (Å²) in [6, 6.07) is 21.5. The third-order valence-corrected chi connectivity index (χ3v) is 7.85. The molecule has 3 aromatic carbocycles. The predicted octanol–water partition coefficient (Wildman–Crippen LogP) is 5.83. The van der Waals surface area contributed by atoms with Crippen molar-refractivity contribution < 1.29 is 14.2 Å². The maximum atomic E-state index is 13.4. The van der Waals surface area contributed by atoms with Crippen molar-refractivity contribution >= 4 is 34.5 Å². The second-order valence-electron chi connectivity index (χ2n) is 10.4. The van der Waals surface area contributed by atoms with Gasteiger partial charge in [0.25, 0.3) is 5.56 Å². The van der Waals surface area contributed by atoms with Crippen molar-refractivity contribution in [3.63, 3.8) is 0 Å². The number of aromatic nitrogens is 5. The Kier molecular flexibility index (Phi) is 7.99. The summed E-state index contributed by atoms with van der Waals surface area (Å²) in [6.45, 7) is 6.03. The number of para-hydroxylation sites is 1. The highest BCUT2D eigenvalue weighted by Crippen LogP contribution is 2.30. The molecule has 0 saturated carbocycles. The van der Waals surface area contributed by atoms with Gasteiger partial charge in [0.15, 0.2) is 17.3 Å². The number of aryl methyl sites for hydroxylation is 1. The van der Waals surface area contributed by atoms with Crippen molar-refractivity contribution in [1.29, 1.82) is 0 Å². The van der Waals surface area contributed by atoms with Crippen molar-refractivity contribution in [3.8, 4) is 34.2 Å². The fraction of sp³-hybridized carbons (Fsp3) is 0.176. The molecule has 0 aliphatic rings. The fourth-order valence-corrected chi connectivity index (χ4v) is 5.71. The van der Waals surface area contributed by atoms with Gasteiger partial charge in [-0.25, -0.2) is 4.68 Å². The number of nitrogens with zero attached hydrogens (tertiary/aromatic N) is 5. The lowest BCUT2D eigenvalue weighted by atomic mass is 10.0. The van der Waals surface area contributed by atoms with E-state index in [2.05, 4.69) is 16.1 Å². The van der Waals surface area contributed by atoms with Crippen LogP contribution in [0.25, 0.3) is 40.1 Å². The zero-order chi connectivity index (χ0) is 30.8. The minimum absolute atomic E-state index is 0.0736. The lowest BCUT2D eigenvalue weighted by Crippen LogP contribution is -2.23. The summed E-state index contributed by atoms with van der Waals surface area (Å²) in [7, 11) is 3.19. The van der Waals surface area contributed by atoms with Crippen LogP contribution in [0.3, 0.4) is 0 Å². The van der Waals surface area contributed by atoms with Crippen LogP contribution in [0.2, 0.25) is 0 Å². The Hall–Kier alpha value is -5.22. The van der Waals surface area contributed by atoms with Crippen molar-refractivity contribution in [2.24, 2.45) is 0 Å². The summed E-state index contributed by atoms with van der Waals surface area (Å²) in [5.74, 6) is 2.54. The number of thiazole rings is 1. The van der Waals surface area contributed by atoms with Gasteiger partial charge in [0.1, 0.15) is 11.4 Å². The second kappa shape index (κ2) is 12.2. The average Bonchev–Trinajstić information content (AvgIpc) is 3.71. The van der Waals surface area contributed by atoms with Gasteiger partial charge in [-0.1, -0.05) is 41.7 Å². The van der Waals surface area contributed by atoms with Crippen molar-refractivity contribution in [2.45, 2.75) is 26.9 Å². The number of ether oxygens (including phenoxy) is 3. The molecule has 0 aliphatic carbocycles. The molecule has 0 atom stereocenters. The quantitative estimate of drug-likeness (QED) is 0.205. The van der Waals surface area contributed by atoms with E-state index in [0.29, 0.717) is 26.8 Å². The zero-order valence-corrected chi connectivity index (χ0v) is 25.8. The number of hydrogen-bond donors (Lipinski definition) is 0. The van der Waals surface area contributed by atoms with Crippen LogP contribution >= 0.6 is 11.3 Å². The van der Waals surface area contributed by atoms with E-state index >= 15 is 0 Å². The summed E-state index contributed by atoms with van der Waals surface area (Å²) >= 11 is 1.29. The molecule has 6 aromatic rings. The molecule has 0 N–H and O–H groups in total. The molecule has 0 aliphatic heterocycles. The minimum Gasteiger partial charge on any atom is -0.493 e. The van der Waals surface area contributed by atoms with Crippen LogP contribution in [-0.4, -0.2) is 44.7 Å². The summed E-state index contributed by atoms with van der Waals surface area (Å²) in [4.78, 5) is 18.5. The van der Waals surface area contributed by atoms with E-state index in [0.717, 1.165) is 39.4 Å². The van der Waals surface area contributed by atoms with E-state index in [1.807, 2.05) is 104 Å². The van der Waals surface area contributed by atoms with E-state index < -0.39 is 0 Å². The van der Waals surface area contributed by atoms with E-state index in [9.17, 15) is 4.79 Å². The molecule has 9 nitrogen and oxygen atoms in total. The largest absolute Gasteiger partial charge is 0.493 e. The molecule has 10 heteroatoms. The van der Waals surface area contributed by atoms with Gasteiger partial charge >= 0.3 is 0 Å². The smallest absolute Gasteiger partial charge is 0.291 e. The van der Waals surface area contributed by atoms with Crippen LogP contribution in [0.4, 0.5) is 0 Å². The number of methoxy groups -OCH3 is 2. The van der Waals surface area contributed by atoms with Gasteiger partial charge in [0.05, 0.1) is 30.5 Å². The maximum Gasteiger partial charge on any atom is 0.291 e. The summed E-state index contributed by atoms with van der Waals surface area (Å²) in [5.41, 5.74) is 5.06. The highest BCUT2D eigenvalue weighted by molar-refractivity contribution is 7.15. The van der Waals surface area contributed by atoms with Gasteiger partial charge in [-0.05, 0) is 86.5 Å². The molecule has 6 rings (SSSR count). The number of rotatable bonds is 9. The molecule has 0 radical (unpaired) electrons. The Morgan fingerprint density at radius 1 is 0.886 bits per heavy atom. The summed E-state index contributed by atoms with van der Waals surface area (Å²) in [5, 5.41) is 9.37. The SMILES string of the molecule is COc1ccc(/C=C/c2nc3s/c(=C\c4cn(-c5ccccc5)nc4-c4ccc(OC(C)C)c(C)c4)c(=O)n3n2)cc1OC. The topological polar surface area (TPSA) is 92.8 Å². The Balaban J connectivity index is 1.37. The molecule has 222 valence electrons. The monoisotopic (exact) mass is 605 g/mol. The molecule has 3 aromatic heterocycles. The average molecular weight is 606 g/mol. The zero-order valence-electron chi connectivity index (χ0n) is 25.0. The van der Waals surface area contributed by atoms with E-state index in [1.54, 1.807) is 20.3 Å². The van der Waals surface area contributed by atoms with E-state index in [1.165, 1.54) is 15.9 Å². The van der Waals surface area contributed by atoms with Gasteiger partial charge in [-0.15, -0.1) is 5.10 Å². The second-order valence-corrected chi connectivity index (χ2v) is 11.4. The molecule has 0 saturated heterocycles. The number of hydrogen-bond acceptors (Lipinski definition) is 8. The number of benzene rings is 3. The highest BCUT2D eigenvalue weighted by Gasteiger charge is 2.15. The van der Waals surface area contributed by atoms with Gasteiger partial charge in [-0.3, -0.25) is 4.79 Å². The van der Waals surface area contributed by atoms with Crippen molar-refractivity contribution in [2.75, 3.05) is 14.2 Å². The van der Waals surface area contributed by atoms with E-state index in [-0.39, 0.29) is 11.7 Å². The van der Waals surface area contributed by atoms with Gasteiger partial charge in [0.2, 0.25) is 4.96 Å². The number of fused-ring (bicyclic) bond motifs is 1. The molecular weight excluding hydrogens is 574 g/mol. The lowest BCUT2D eigenvalue weighted by Gasteiger charge is -2.13. The molecule has 0 fully saturated rings. The standard InChI is InChI=1S/C34H31N5O4S/c1-21(2)43-27-15-13-24(17-22(27)3)32-25(20-38(37-32)26-9-7-6-8-10-26)19-30-33(40)39-34(44-30)35-31(36-39)16-12-23-11-14-28(41-4)29(18-23)42-5/h6-21H,1-5H3/b16-12+,30-19-. The normalized spacial score (nSPS) is 12.1. The first kappa shape index (κ1) is 28.9. The first-order valence-electron chi connectivity index (χ1n) is 14.1. The van der Waals surface area contributed by atoms with Crippen molar-refractivity contribution in [3.05, 3.63) is 110 Å². The molecule has 0 unspecified atom stereocenters. The van der Waals surface area contributed by atoms with E-state index in [4.69, 9.17) is 19.3 Å². The molecule has 0 amide bonds. The van der Waals surface area contributed by atoms with Crippen LogP contribution in [0.5, 0.6) is 17.2 Å². The van der Waals surface area contributed by atoms with Crippen LogP contribution < -0.4 is 24.3 Å². The van der Waals surface area contributed by atoms with Gasteiger partial charge in [-0.2, -0.15) is 14.6 Å². The Bertz CT molecular complexity index is 2090. The fourth-order valence-electron chi connectivity index (χ4n) is 4.80. The van der Waals surface area contributed by atoms with Crippen molar-refractivity contribution in [1.82, 2.24) is 24.4 Å². The Morgan fingerprint density at radius 3 is 2.36 bits per heavy atom. The summed E-state index contributed by atoms with van der Waals surface area (Å²) in [6.07, 6.45) is 7.50. The predicted molar refractivity (Wildman–Crippen MR) is 174 cm³/mol. The van der Waals surface area contributed by atoms with Crippen LogP contribution in [0.15, 0.2) is 77.7 Å². The maximum absolute atomic E-state index is 13.4.